The highest BCUT2D eigenvalue weighted by molar-refractivity contribution is 9.10. The van der Waals surface area contributed by atoms with Crippen molar-refractivity contribution in [2.24, 2.45) is 0 Å². The number of nitriles is 1. The molecule has 0 aliphatic carbocycles. The summed E-state index contributed by atoms with van der Waals surface area (Å²) in [5, 5.41) is 8.78. The van der Waals surface area contributed by atoms with Crippen LogP contribution in [0.25, 0.3) is 0 Å². The first-order valence-corrected chi connectivity index (χ1v) is 6.25. The lowest BCUT2D eigenvalue weighted by molar-refractivity contribution is 0.433. The van der Waals surface area contributed by atoms with Gasteiger partial charge in [0.25, 0.3) is 0 Å². The van der Waals surface area contributed by atoms with Gasteiger partial charge in [0.2, 0.25) is 0 Å². The minimum atomic E-state index is -0.618. The molecule has 4 nitrogen and oxygen atoms in total. The fourth-order valence-electron chi connectivity index (χ4n) is 1.33. The third-order valence-electron chi connectivity index (χ3n) is 2.12. The molecule has 0 N–H and O–H groups in total. The maximum atomic E-state index is 13.4. The number of ether oxygens (including phenoxy) is 1. The topological polar surface area (TPSA) is 58.8 Å². The van der Waals surface area contributed by atoms with Crippen LogP contribution in [0.15, 0.2) is 22.7 Å². The van der Waals surface area contributed by atoms with Crippen molar-refractivity contribution in [3.05, 3.63) is 44.9 Å². The van der Waals surface area contributed by atoms with E-state index in [1.165, 1.54) is 12.1 Å². The SMILES string of the molecule is Cc1cc(C#N)nc(Oc2cc(F)c(Cl)cc2Br)n1. The van der Waals surface area contributed by atoms with Crippen LogP contribution in [0, 0.1) is 24.1 Å². The minimum absolute atomic E-state index is 0.0258. The van der Waals surface area contributed by atoms with E-state index in [0.29, 0.717) is 10.2 Å². The molecule has 2 rings (SSSR count). The lowest BCUT2D eigenvalue weighted by Gasteiger charge is -2.07. The van der Waals surface area contributed by atoms with E-state index in [9.17, 15) is 4.39 Å². The van der Waals surface area contributed by atoms with Gasteiger partial charge in [0.15, 0.2) is 0 Å². The summed E-state index contributed by atoms with van der Waals surface area (Å²) in [6.07, 6.45) is 0. The zero-order valence-electron chi connectivity index (χ0n) is 9.62. The van der Waals surface area contributed by atoms with E-state index in [1.54, 1.807) is 6.92 Å². The van der Waals surface area contributed by atoms with Crippen molar-refractivity contribution in [3.8, 4) is 17.8 Å². The van der Waals surface area contributed by atoms with Crippen LogP contribution in [0.4, 0.5) is 4.39 Å². The number of hydrogen-bond donors (Lipinski definition) is 0. The van der Waals surface area contributed by atoms with Gasteiger partial charge in [-0.25, -0.2) is 9.37 Å². The Labute approximate surface area is 122 Å². The third-order valence-corrected chi connectivity index (χ3v) is 3.03. The van der Waals surface area contributed by atoms with Gasteiger partial charge < -0.3 is 4.74 Å². The lowest BCUT2D eigenvalue weighted by Crippen LogP contribution is -1.97. The molecule has 0 atom stereocenters. The van der Waals surface area contributed by atoms with Gasteiger partial charge in [-0.2, -0.15) is 10.2 Å². The summed E-state index contributed by atoms with van der Waals surface area (Å²) >= 11 is 8.82. The van der Waals surface area contributed by atoms with Gasteiger partial charge in [0.05, 0.1) is 9.50 Å². The average Bonchev–Trinajstić information content (AvgIpc) is 2.35. The van der Waals surface area contributed by atoms with E-state index < -0.39 is 5.82 Å². The van der Waals surface area contributed by atoms with Gasteiger partial charge in [-0.1, -0.05) is 11.6 Å². The molecule has 0 spiro atoms. The smallest absolute Gasteiger partial charge is 0.323 e. The highest BCUT2D eigenvalue weighted by atomic mass is 79.9. The van der Waals surface area contributed by atoms with Gasteiger partial charge in [0, 0.05) is 11.8 Å². The fraction of sp³-hybridized carbons (Fsp3) is 0.0833. The molecule has 0 fully saturated rings. The quantitative estimate of drug-likeness (QED) is 0.774. The first-order chi connectivity index (χ1) is 8.99. The predicted molar refractivity (Wildman–Crippen MR) is 70.7 cm³/mol. The van der Waals surface area contributed by atoms with Gasteiger partial charge >= 0.3 is 6.01 Å². The highest BCUT2D eigenvalue weighted by Crippen LogP contribution is 2.32. The molecule has 0 amide bonds. The summed E-state index contributed by atoms with van der Waals surface area (Å²) in [6.45, 7) is 1.70. The number of rotatable bonds is 2. The molecular weight excluding hydrogens is 337 g/mol. The summed E-state index contributed by atoms with van der Waals surface area (Å²) in [6, 6.07) is 5.86. The van der Waals surface area contributed by atoms with Crippen LogP contribution in [-0.2, 0) is 0 Å². The van der Waals surface area contributed by atoms with E-state index >= 15 is 0 Å². The number of nitrogens with zero attached hydrogens (tertiary/aromatic N) is 3. The van der Waals surface area contributed by atoms with Crippen LogP contribution in [-0.4, -0.2) is 9.97 Å². The zero-order chi connectivity index (χ0) is 14.0. The van der Waals surface area contributed by atoms with Gasteiger partial charge in [-0.05, 0) is 35.0 Å². The third kappa shape index (κ3) is 3.19. The predicted octanol–water partition coefficient (Wildman–Crippen LogP) is 4.00. The first-order valence-electron chi connectivity index (χ1n) is 5.08. The molecule has 1 heterocycles. The molecule has 1 aromatic carbocycles. The molecule has 1 aromatic heterocycles. The second kappa shape index (κ2) is 5.51. The molecule has 0 bridgehead atoms. The molecule has 0 saturated heterocycles. The number of benzene rings is 1. The van der Waals surface area contributed by atoms with Gasteiger partial charge in [-0.3, -0.25) is 0 Å². The Bertz CT molecular complexity index is 687. The second-order valence-corrected chi connectivity index (χ2v) is 4.85. The Morgan fingerprint density at radius 1 is 1.37 bits per heavy atom. The summed E-state index contributed by atoms with van der Waals surface area (Å²) in [4.78, 5) is 7.88. The monoisotopic (exact) mass is 341 g/mol. The van der Waals surface area contributed by atoms with Crippen LogP contribution in [0.2, 0.25) is 5.02 Å². The minimum Gasteiger partial charge on any atom is -0.423 e. The molecule has 2 aromatic rings. The molecule has 96 valence electrons. The van der Waals surface area contributed by atoms with Crippen molar-refractivity contribution < 1.29 is 9.13 Å². The fourth-order valence-corrected chi connectivity index (χ4v) is 2.04. The maximum Gasteiger partial charge on any atom is 0.323 e. The number of aromatic nitrogens is 2. The summed E-state index contributed by atoms with van der Waals surface area (Å²) in [5.74, 6) is -0.440. The average molecular weight is 343 g/mol. The summed E-state index contributed by atoms with van der Waals surface area (Å²) < 4.78 is 19.2. The van der Waals surface area contributed by atoms with Crippen molar-refractivity contribution in [2.75, 3.05) is 0 Å². The summed E-state index contributed by atoms with van der Waals surface area (Å²) in [5.41, 5.74) is 0.750. The Morgan fingerprint density at radius 2 is 2.11 bits per heavy atom. The van der Waals surface area contributed by atoms with Gasteiger partial charge in [0.1, 0.15) is 23.3 Å². The van der Waals surface area contributed by atoms with E-state index in [4.69, 9.17) is 21.6 Å². The van der Waals surface area contributed by atoms with E-state index in [0.717, 1.165) is 6.07 Å². The molecule has 0 saturated carbocycles. The molecule has 0 unspecified atom stereocenters. The Kier molecular flexibility index (Phi) is 3.98. The number of aryl methyl sites for hydroxylation is 1. The van der Waals surface area contributed by atoms with Crippen molar-refractivity contribution in [1.82, 2.24) is 9.97 Å². The molecule has 0 aliphatic heterocycles. The maximum absolute atomic E-state index is 13.4. The number of hydrogen-bond acceptors (Lipinski definition) is 4. The molecule has 7 heteroatoms. The normalized spacial score (nSPS) is 10.1. The molecular formula is C12H6BrClFN3O. The van der Waals surface area contributed by atoms with Crippen molar-refractivity contribution in [3.63, 3.8) is 0 Å². The number of halogens is 3. The van der Waals surface area contributed by atoms with Crippen LogP contribution in [0.3, 0.4) is 0 Å². The van der Waals surface area contributed by atoms with E-state index in [1.807, 2.05) is 6.07 Å². The van der Waals surface area contributed by atoms with E-state index in [2.05, 4.69) is 25.9 Å². The standard InChI is InChI=1S/C12H6BrClFN3O/c1-6-2-7(5-16)18-12(17-6)19-11-4-10(15)9(14)3-8(11)13/h2-4H,1H3. The summed E-state index contributed by atoms with van der Waals surface area (Å²) in [7, 11) is 0. The molecule has 19 heavy (non-hydrogen) atoms. The largest absolute Gasteiger partial charge is 0.423 e. The first kappa shape index (κ1) is 13.7. The molecule has 0 radical (unpaired) electrons. The Hall–Kier alpha value is -1.71. The Morgan fingerprint density at radius 3 is 2.79 bits per heavy atom. The second-order valence-electron chi connectivity index (χ2n) is 3.59. The van der Waals surface area contributed by atoms with Crippen molar-refractivity contribution in [2.45, 2.75) is 6.92 Å². The van der Waals surface area contributed by atoms with Crippen LogP contribution >= 0.6 is 27.5 Å². The van der Waals surface area contributed by atoms with Crippen LogP contribution in [0.1, 0.15) is 11.4 Å². The Balaban J connectivity index is 2.39. The molecule has 0 aliphatic rings. The zero-order valence-corrected chi connectivity index (χ0v) is 12.0. The van der Waals surface area contributed by atoms with E-state index in [-0.39, 0.29) is 22.5 Å². The van der Waals surface area contributed by atoms with Crippen LogP contribution < -0.4 is 4.74 Å². The lowest BCUT2D eigenvalue weighted by atomic mass is 10.3. The van der Waals surface area contributed by atoms with Crippen molar-refractivity contribution >= 4 is 27.5 Å². The van der Waals surface area contributed by atoms with Crippen LogP contribution in [0.5, 0.6) is 11.8 Å². The van der Waals surface area contributed by atoms with Gasteiger partial charge in [-0.15, -0.1) is 0 Å². The van der Waals surface area contributed by atoms with Crippen molar-refractivity contribution in [1.29, 1.82) is 5.26 Å². The highest BCUT2D eigenvalue weighted by Gasteiger charge is 2.11.